The Morgan fingerprint density at radius 3 is 2.52 bits per heavy atom. The van der Waals surface area contributed by atoms with Crippen LogP contribution in [-0.2, 0) is 4.79 Å². The van der Waals surface area contributed by atoms with Gasteiger partial charge in [0.1, 0.15) is 5.82 Å². The first kappa shape index (κ1) is 21.2. The molecule has 1 saturated carbocycles. The molecular formula is C23H22N6O3S. The van der Waals surface area contributed by atoms with Crippen molar-refractivity contribution in [3.05, 3.63) is 46.7 Å². The molecule has 9 nitrogen and oxygen atoms in total. The smallest absolute Gasteiger partial charge is 0.306 e. The predicted molar refractivity (Wildman–Crippen MR) is 124 cm³/mol. The van der Waals surface area contributed by atoms with Crippen LogP contribution in [0.4, 0.5) is 5.82 Å². The lowest BCUT2D eigenvalue weighted by atomic mass is 9.79. The van der Waals surface area contributed by atoms with E-state index in [4.69, 9.17) is 10.7 Å². The number of aliphatic carboxylic acids is 1. The Morgan fingerprint density at radius 1 is 1.12 bits per heavy atom. The van der Waals surface area contributed by atoms with Gasteiger partial charge in [0.2, 0.25) is 0 Å². The molecule has 0 aliphatic heterocycles. The Labute approximate surface area is 193 Å². The molecule has 1 aliphatic rings. The molecule has 0 unspecified atom stereocenters. The fraction of sp³-hybridized carbons (Fsp3) is 0.304. The summed E-state index contributed by atoms with van der Waals surface area (Å²) in [5, 5.41) is 15.7. The Kier molecular flexibility index (Phi) is 5.37. The molecule has 3 N–H and O–H groups in total. The number of nitrogens with zero attached hydrogens (tertiary/aromatic N) is 5. The van der Waals surface area contributed by atoms with E-state index in [-0.39, 0.29) is 23.4 Å². The highest BCUT2D eigenvalue weighted by atomic mass is 32.1. The summed E-state index contributed by atoms with van der Waals surface area (Å²) >= 11 is 1.51. The van der Waals surface area contributed by atoms with Gasteiger partial charge in [-0.15, -0.1) is 11.3 Å². The van der Waals surface area contributed by atoms with Gasteiger partial charge < -0.3 is 10.8 Å². The van der Waals surface area contributed by atoms with E-state index in [0.717, 1.165) is 22.5 Å². The molecule has 4 aromatic rings. The maximum absolute atomic E-state index is 12.5. The van der Waals surface area contributed by atoms with Crippen LogP contribution < -0.4 is 5.73 Å². The quantitative estimate of drug-likeness (QED) is 0.424. The van der Waals surface area contributed by atoms with Gasteiger partial charge in [0, 0.05) is 28.6 Å². The SMILES string of the molecule is CC(=O)c1c(C2CCC(C(=O)O)CC2)nc2c(-c3ccc(-c4cscn4)nc3)cnn2c1N. The van der Waals surface area contributed by atoms with Gasteiger partial charge in [0.25, 0.3) is 0 Å². The van der Waals surface area contributed by atoms with Crippen molar-refractivity contribution in [1.82, 2.24) is 24.6 Å². The standard InChI is InChI=1S/C23H22N6O3S/c1-12(30)19-20(13-2-4-14(5-3-13)23(31)32)28-22-16(9-27-29(22)21(19)24)15-6-7-17(25-8-15)18-10-33-11-26-18/h6-11,13-14H,2-5,24H2,1H3,(H,31,32). The molecule has 0 spiro atoms. The molecule has 10 heteroatoms. The van der Waals surface area contributed by atoms with Gasteiger partial charge in [-0.3, -0.25) is 14.6 Å². The van der Waals surface area contributed by atoms with E-state index in [2.05, 4.69) is 15.1 Å². The zero-order valence-corrected chi connectivity index (χ0v) is 18.7. The Bertz CT molecular complexity index is 1340. The van der Waals surface area contributed by atoms with Crippen molar-refractivity contribution in [3.63, 3.8) is 0 Å². The lowest BCUT2D eigenvalue weighted by molar-refractivity contribution is -0.142. The van der Waals surface area contributed by atoms with E-state index in [1.165, 1.54) is 22.8 Å². The number of Topliss-reactive ketones (excluding diaryl/α,β-unsaturated/α-hetero) is 1. The van der Waals surface area contributed by atoms with Gasteiger partial charge in [0.15, 0.2) is 11.4 Å². The number of nitrogen functional groups attached to an aromatic ring is 1. The van der Waals surface area contributed by atoms with Crippen LogP contribution in [0.25, 0.3) is 28.2 Å². The minimum Gasteiger partial charge on any atom is -0.481 e. The Hall–Kier alpha value is -3.66. The summed E-state index contributed by atoms with van der Waals surface area (Å²) in [7, 11) is 0. The molecule has 0 amide bonds. The summed E-state index contributed by atoms with van der Waals surface area (Å²) in [5.74, 6) is -1.07. The highest BCUT2D eigenvalue weighted by Gasteiger charge is 2.31. The first-order chi connectivity index (χ1) is 15.9. The minimum atomic E-state index is -0.769. The van der Waals surface area contributed by atoms with Crippen molar-refractivity contribution < 1.29 is 14.7 Å². The second-order valence-corrected chi connectivity index (χ2v) is 9.02. The normalized spacial score (nSPS) is 18.5. The number of ketones is 1. The van der Waals surface area contributed by atoms with Crippen LogP contribution in [-0.4, -0.2) is 41.4 Å². The summed E-state index contributed by atoms with van der Waals surface area (Å²) in [6.45, 7) is 1.47. The molecule has 0 atom stereocenters. The molecule has 5 rings (SSSR count). The number of hydrogen-bond acceptors (Lipinski definition) is 8. The van der Waals surface area contributed by atoms with E-state index < -0.39 is 5.97 Å². The number of pyridine rings is 1. The van der Waals surface area contributed by atoms with E-state index in [1.807, 2.05) is 17.5 Å². The van der Waals surface area contributed by atoms with Crippen LogP contribution in [0.1, 0.15) is 54.6 Å². The van der Waals surface area contributed by atoms with Crippen LogP contribution in [0.3, 0.4) is 0 Å². The van der Waals surface area contributed by atoms with Gasteiger partial charge in [-0.25, -0.2) is 9.97 Å². The summed E-state index contributed by atoms with van der Waals surface area (Å²) in [5.41, 5.74) is 12.9. The zero-order valence-electron chi connectivity index (χ0n) is 17.9. The lowest BCUT2D eigenvalue weighted by Gasteiger charge is -2.27. The number of carboxylic acids is 1. The van der Waals surface area contributed by atoms with E-state index >= 15 is 0 Å². The summed E-state index contributed by atoms with van der Waals surface area (Å²) in [4.78, 5) is 37.5. The minimum absolute atomic E-state index is 0.0280. The third-order valence-corrected chi connectivity index (χ3v) is 6.88. The topological polar surface area (TPSA) is 136 Å². The van der Waals surface area contributed by atoms with Gasteiger partial charge in [-0.2, -0.15) is 9.61 Å². The third kappa shape index (κ3) is 3.76. The first-order valence-electron chi connectivity index (χ1n) is 10.7. The van der Waals surface area contributed by atoms with Crippen molar-refractivity contribution in [2.75, 3.05) is 5.73 Å². The van der Waals surface area contributed by atoms with Crippen molar-refractivity contribution in [2.45, 2.75) is 38.5 Å². The number of anilines is 1. The number of fused-ring (bicyclic) bond motifs is 1. The van der Waals surface area contributed by atoms with Crippen LogP contribution in [0.15, 0.2) is 35.4 Å². The van der Waals surface area contributed by atoms with E-state index in [9.17, 15) is 14.7 Å². The molecule has 0 bridgehead atoms. The van der Waals surface area contributed by atoms with Crippen molar-refractivity contribution in [1.29, 1.82) is 0 Å². The molecule has 4 heterocycles. The summed E-state index contributed by atoms with van der Waals surface area (Å²) in [6.07, 6.45) is 5.82. The molecule has 33 heavy (non-hydrogen) atoms. The molecular weight excluding hydrogens is 440 g/mol. The average Bonchev–Trinajstić information content (AvgIpc) is 3.49. The highest BCUT2D eigenvalue weighted by Crippen LogP contribution is 2.39. The fourth-order valence-corrected chi connectivity index (χ4v) is 5.10. The van der Waals surface area contributed by atoms with E-state index in [1.54, 1.807) is 17.9 Å². The summed E-state index contributed by atoms with van der Waals surface area (Å²) < 4.78 is 1.49. The zero-order chi connectivity index (χ0) is 23.1. The van der Waals surface area contributed by atoms with Crippen molar-refractivity contribution >= 4 is 34.6 Å². The van der Waals surface area contributed by atoms with Crippen LogP contribution >= 0.6 is 11.3 Å². The number of carboxylic acid groups (broad SMARTS) is 1. The number of aromatic nitrogens is 5. The number of hydrogen-bond donors (Lipinski definition) is 2. The average molecular weight is 463 g/mol. The first-order valence-corrected chi connectivity index (χ1v) is 11.6. The number of thiazole rings is 1. The number of nitrogens with two attached hydrogens (primary N) is 1. The summed E-state index contributed by atoms with van der Waals surface area (Å²) in [6, 6.07) is 3.84. The maximum atomic E-state index is 12.5. The van der Waals surface area contributed by atoms with Crippen molar-refractivity contribution in [3.8, 4) is 22.5 Å². The Balaban J connectivity index is 1.57. The number of carbonyl (C=O) groups is 2. The second kappa shape index (κ2) is 8.36. The molecule has 168 valence electrons. The molecule has 1 fully saturated rings. The van der Waals surface area contributed by atoms with Gasteiger partial charge in [0.05, 0.1) is 40.3 Å². The molecule has 0 aromatic carbocycles. The van der Waals surface area contributed by atoms with Gasteiger partial charge in [-0.1, -0.05) is 6.07 Å². The largest absolute Gasteiger partial charge is 0.481 e. The maximum Gasteiger partial charge on any atom is 0.306 e. The molecule has 4 aromatic heterocycles. The highest BCUT2D eigenvalue weighted by molar-refractivity contribution is 7.07. The van der Waals surface area contributed by atoms with Gasteiger partial charge in [-0.05, 0) is 38.7 Å². The molecule has 1 aliphatic carbocycles. The van der Waals surface area contributed by atoms with E-state index in [0.29, 0.717) is 42.6 Å². The molecule has 0 saturated heterocycles. The predicted octanol–water partition coefficient (Wildman–Crippen LogP) is 4.06. The van der Waals surface area contributed by atoms with Crippen LogP contribution in [0, 0.1) is 5.92 Å². The fourth-order valence-electron chi connectivity index (χ4n) is 4.55. The van der Waals surface area contributed by atoms with Crippen molar-refractivity contribution in [2.24, 2.45) is 5.92 Å². The lowest BCUT2D eigenvalue weighted by Crippen LogP contribution is -2.23. The van der Waals surface area contributed by atoms with Crippen LogP contribution in [0.2, 0.25) is 0 Å². The Morgan fingerprint density at radius 2 is 1.91 bits per heavy atom. The number of rotatable bonds is 5. The second-order valence-electron chi connectivity index (χ2n) is 8.30. The van der Waals surface area contributed by atoms with Gasteiger partial charge >= 0.3 is 5.97 Å². The monoisotopic (exact) mass is 462 g/mol. The molecule has 0 radical (unpaired) electrons. The number of carbonyl (C=O) groups excluding carboxylic acids is 1. The van der Waals surface area contributed by atoms with Crippen LogP contribution in [0.5, 0.6) is 0 Å². The third-order valence-electron chi connectivity index (χ3n) is 6.30.